The molecule has 1 saturated carbocycles. The standard InChI is InChI=1S/C24H30N2O3S/c1-17-5-3-4-6-22(17)25-24(30)26(16-19-9-13-21(29-2)14-10-19)15-18-7-11-20(12-8-18)23(27)28/h3-6,9-10,13-14,18,20H,7-8,11-12,15-16H2,1-2H3,(H,25,30)(H,27,28). The molecule has 1 aliphatic rings. The van der Waals surface area contributed by atoms with E-state index in [0.29, 0.717) is 17.6 Å². The molecule has 0 amide bonds. The second-order valence-corrected chi connectivity index (χ2v) is 8.42. The number of benzene rings is 2. The van der Waals surface area contributed by atoms with Crippen LogP contribution in [0.2, 0.25) is 0 Å². The zero-order valence-electron chi connectivity index (χ0n) is 17.6. The van der Waals surface area contributed by atoms with E-state index in [1.807, 2.05) is 30.3 Å². The largest absolute Gasteiger partial charge is 0.497 e. The zero-order chi connectivity index (χ0) is 21.5. The molecule has 5 nitrogen and oxygen atoms in total. The molecule has 0 saturated heterocycles. The summed E-state index contributed by atoms with van der Waals surface area (Å²) >= 11 is 5.79. The van der Waals surface area contributed by atoms with Crippen LogP contribution in [0.1, 0.15) is 36.8 Å². The Kier molecular flexibility index (Phi) is 7.69. The average molecular weight is 427 g/mol. The van der Waals surface area contributed by atoms with Crippen LogP contribution in [-0.4, -0.2) is 34.7 Å². The molecule has 2 N–H and O–H groups in total. The predicted octanol–water partition coefficient (Wildman–Crippen LogP) is 5.09. The Labute approximate surface area is 184 Å². The molecule has 160 valence electrons. The fourth-order valence-electron chi connectivity index (χ4n) is 3.98. The molecule has 0 atom stereocenters. The number of carbonyl (C=O) groups is 1. The van der Waals surface area contributed by atoms with Gasteiger partial charge in [0.05, 0.1) is 13.0 Å². The van der Waals surface area contributed by atoms with E-state index in [2.05, 4.69) is 35.3 Å². The molecule has 2 aromatic carbocycles. The van der Waals surface area contributed by atoms with E-state index in [1.165, 1.54) is 0 Å². The van der Waals surface area contributed by atoms with Crippen molar-refractivity contribution < 1.29 is 14.6 Å². The number of nitrogens with one attached hydrogen (secondary N) is 1. The van der Waals surface area contributed by atoms with E-state index in [9.17, 15) is 9.90 Å². The van der Waals surface area contributed by atoms with Gasteiger partial charge in [0.25, 0.3) is 0 Å². The molecule has 0 radical (unpaired) electrons. The lowest BCUT2D eigenvalue weighted by Crippen LogP contribution is -2.39. The maximum atomic E-state index is 11.3. The van der Waals surface area contributed by atoms with Crippen LogP contribution in [0.5, 0.6) is 5.75 Å². The van der Waals surface area contributed by atoms with Gasteiger partial charge in [-0.05, 0) is 80.1 Å². The van der Waals surface area contributed by atoms with Gasteiger partial charge in [-0.2, -0.15) is 0 Å². The highest BCUT2D eigenvalue weighted by Crippen LogP contribution is 2.30. The fraction of sp³-hybridized carbons (Fsp3) is 0.417. The molecule has 2 aromatic rings. The third kappa shape index (κ3) is 5.95. The van der Waals surface area contributed by atoms with Crippen molar-refractivity contribution in [2.75, 3.05) is 19.0 Å². The Bertz CT molecular complexity index is 861. The molecular formula is C24H30N2O3S. The SMILES string of the molecule is COc1ccc(CN(CC2CCC(C(=O)O)CC2)C(=S)Nc2ccccc2C)cc1. The van der Waals surface area contributed by atoms with E-state index in [0.717, 1.165) is 54.8 Å². The van der Waals surface area contributed by atoms with Crippen molar-refractivity contribution in [2.24, 2.45) is 11.8 Å². The Hall–Kier alpha value is -2.60. The normalized spacial score (nSPS) is 18.5. The van der Waals surface area contributed by atoms with Gasteiger partial charge in [0.1, 0.15) is 5.75 Å². The molecule has 0 bridgehead atoms. The quantitative estimate of drug-likeness (QED) is 0.601. The van der Waals surface area contributed by atoms with Crippen LogP contribution < -0.4 is 10.1 Å². The third-order valence-corrected chi connectivity index (χ3v) is 6.24. The van der Waals surface area contributed by atoms with Crippen LogP contribution in [0.25, 0.3) is 0 Å². The van der Waals surface area contributed by atoms with Crippen molar-refractivity contribution in [1.29, 1.82) is 0 Å². The number of para-hydroxylation sites is 1. The molecule has 0 unspecified atom stereocenters. The Balaban J connectivity index is 1.71. The van der Waals surface area contributed by atoms with Crippen LogP contribution in [0, 0.1) is 18.8 Å². The average Bonchev–Trinajstić information content (AvgIpc) is 2.75. The highest BCUT2D eigenvalue weighted by molar-refractivity contribution is 7.80. The number of carboxylic acid groups (broad SMARTS) is 1. The summed E-state index contributed by atoms with van der Waals surface area (Å²) in [6, 6.07) is 16.1. The minimum Gasteiger partial charge on any atom is -0.497 e. The summed E-state index contributed by atoms with van der Waals surface area (Å²) in [4.78, 5) is 13.5. The molecule has 1 aliphatic carbocycles. The van der Waals surface area contributed by atoms with Gasteiger partial charge in [-0.1, -0.05) is 30.3 Å². The van der Waals surface area contributed by atoms with E-state index in [4.69, 9.17) is 17.0 Å². The van der Waals surface area contributed by atoms with Crippen molar-refractivity contribution >= 4 is 29.0 Å². The van der Waals surface area contributed by atoms with Crippen LogP contribution in [0.3, 0.4) is 0 Å². The smallest absolute Gasteiger partial charge is 0.306 e. The number of thiocarbonyl (C=S) groups is 1. The lowest BCUT2D eigenvalue weighted by molar-refractivity contribution is -0.143. The minimum absolute atomic E-state index is 0.201. The van der Waals surface area contributed by atoms with Crippen LogP contribution in [0.15, 0.2) is 48.5 Å². The number of hydrogen-bond acceptors (Lipinski definition) is 3. The first-order chi connectivity index (χ1) is 14.5. The third-order valence-electron chi connectivity index (χ3n) is 5.88. The monoisotopic (exact) mass is 426 g/mol. The van der Waals surface area contributed by atoms with Crippen molar-refractivity contribution in [3.8, 4) is 5.75 Å². The number of nitrogens with zero attached hydrogens (tertiary/aromatic N) is 1. The Morgan fingerprint density at radius 1 is 1.13 bits per heavy atom. The molecule has 0 heterocycles. The summed E-state index contributed by atoms with van der Waals surface area (Å²) < 4.78 is 5.26. The first-order valence-corrected chi connectivity index (χ1v) is 10.8. The number of anilines is 1. The number of aryl methyl sites for hydroxylation is 1. The highest BCUT2D eigenvalue weighted by atomic mass is 32.1. The van der Waals surface area contributed by atoms with Gasteiger partial charge in [0.15, 0.2) is 5.11 Å². The summed E-state index contributed by atoms with van der Waals surface area (Å²) in [5.41, 5.74) is 3.31. The highest BCUT2D eigenvalue weighted by Gasteiger charge is 2.27. The van der Waals surface area contributed by atoms with Crippen LogP contribution >= 0.6 is 12.2 Å². The Morgan fingerprint density at radius 2 is 1.80 bits per heavy atom. The first-order valence-electron chi connectivity index (χ1n) is 10.4. The maximum Gasteiger partial charge on any atom is 0.306 e. The van der Waals surface area contributed by atoms with Gasteiger partial charge in [-0.25, -0.2) is 0 Å². The first kappa shape index (κ1) is 22.1. The van der Waals surface area contributed by atoms with Gasteiger partial charge < -0.3 is 20.1 Å². The van der Waals surface area contributed by atoms with Crippen molar-refractivity contribution in [3.63, 3.8) is 0 Å². The number of methoxy groups -OCH3 is 1. The van der Waals surface area contributed by atoms with E-state index in [-0.39, 0.29) is 5.92 Å². The molecule has 1 fully saturated rings. The van der Waals surface area contributed by atoms with E-state index < -0.39 is 5.97 Å². The number of carboxylic acids is 1. The lowest BCUT2D eigenvalue weighted by Gasteiger charge is -2.33. The minimum atomic E-state index is -0.666. The zero-order valence-corrected chi connectivity index (χ0v) is 18.5. The predicted molar refractivity (Wildman–Crippen MR) is 124 cm³/mol. The molecular weight excluding hydrogens is 396 g/mol. The molecule has 0 aromatic heterocycles. The molecule has 0 aliphatic heterocycles. The van der Waals surface area contributed by atoms with Gasteiger partial charge in [-0.3, -0.25) is 4.79 Å². The van der Waals surface area contributed by atoms with Gasteiger partial charge in [0, 0.05) is 18.8 Å². The Morgan fingerprint density at radius 3 is 2.40 bits per heavy atom. The number of aliphatic carboxylic acids is 1. The second-order valence-electron chi connectivity index (χ2n) is 8.03. The summed E-state index contributed by atoms with van der Waals surface area (Å²) in [6.07, 6.45) is 3.33. The second kappa shape index (κ2) is 10.4. The number of hydrogen-bond donors (Lipinski definition) is 2. The van der Waals surface area contributed by atoms with Gasteiger partial charge >= 0.3 is 5.97 Å². The summed E-state index contributed by atoms with van der Waals surface area (Å²) in [6.45, 7) is 3.57. The number of rotatable bonds is 7. The molecule has 0 spiro atoms. The fourth-order valence-corrected chi connectivity index (χ4v) is 4.23. The lowest BCUT2D eigenvalue weighted by atomic mass is 9.82. The van der Waals surface area contributed by atoms with Gasteiger partial charge in [0.2, 0.25) is 0 Å². The van der Waals surface area contributed by atoms with E-state index >= 15 is 0 Å². The van der Waals surface area contributed by atoms with Crippen molar-refractivity contribution in [1.82, 2.24) is 4.90 Å². The topological polar surface area (TPSA) is 61.8 Å². The van der Waals surface area contributed by atoms with Gasteiger partial charge in [-0.15, -0.1) is 0 Å². The number of ether oxygens (including phenoxy) is 1. The summed E-state index contributed by atoms with van der Waals surface area (Å²) in [5, 5.41) is 13.4. The van der Waals surface area contributed by atoms with Crippen molar-refractivity contribution in [3.05, 3.63) is 59.7 Å². The molecule has 3 rings (SSSR count). The van der Waals surface area contributed by atoms with Crippen LogP contribution in [0.4, 0.5) is 5.69 Å². The molecule has 30 heavy (non-hydrogen) atoms. The summed E-state index contributed by atoms with van der Waals surface area (Å²) in [5.74, 6) is 0.405. The van der Waals surface area contributed by atoms with Crippen LogP contribution in [-0.2, 0) is 11.3 Å². The molecule has 6 heteroatoms. The summed E-state index contributed by atoms with van der Waals surface area (Å²) in [7, 11) is 1.66. The van der Waals surface area contributed by atoms with Crippen molar-refractivity contribution in [2.45, 2.75) is 39.2 Å². The van der Waals surface area contributed by atoms with E-state index in [1.54, 1.807) is 7.11 Å². The maximum absolute atomic E-state index is 11.3.